The molecule has 0 spiro atoms. The third-order valence-electron chi connectivity index (χ3n) is 3.96. The first-order valence-electron chi connectivity index (χ1n) is 9.41. The molecule has 1 atom stereocenters. The zero-order valence-corrected chi connectivity index (χ0v) is 16.1. The highest BCUT2D eigenvalue weighted by Gasteiger charge is 2.21. The van der Waals surface area contributed by atoms with Gasteiger partial charge >= 0.3 is 0 Å². The van der Waals surface area contributed by atoms with Crippen molar-refractivity contribution in [1.29, 1.82) is 0 Å². The largest absolute Gasteiger partial charge is 0.389 e. The number of hydrogen-bond acceptors (Lipinski definition) is 6. The number of rotatable bonds is 8. The number of anilines is 1. The van der Waals surface area contributed by atoms with E-state index in [9.17, 15) is 5.11 Å². The number of hydrogen-bond donors (Lipinski definition) is 2. The lowest BCUT2D eigenvalue weighted by atomic mass is 10.2. The first-order chi connectivity index (χ1) is 12.6. The number of nitrogens with one attached hydrogen (secondary N) is 1. The number of nitrogens with zero attached hydrogens (tertiary/aromatic N) is 5. The Hall–Kier alpha value is -1.93. The number of ether oxygens (including phenoxy) is 1. The molecule has 1 aromatic rings. The molecule has 26 heavy (non-hydrogen) atoms. The molecular formula is C18H32N6O2. The Labute approximate surface area is 156 Å². The van der Waals surface area contributed by atoms with Gasteiger partial charge in [0.1, 0.15) is 0 Å². The summed E-state index contributed by atoms with van der Waals surface area (Å²) in [6, 6.07) is 1.83. The van der Waals surface area contributed by atoms with Crippen LogP contribution < -0.4 is 10.2 Å². The SMILES string of the molecule is CCNC(=NCC(O)COCC(C)C)N1CCN(c2ncccn2)CC1. The molecule has 8 heteroatoms. The van der Waals surface area contributed by atoms with E-state index >= 15 is 0 Å². The molecule has 0 aromatic carbocycles. The summed E-state index contributed by atoms with van der Waals surface area (Å²) in [4.78, 5) is 17.6. The predicted octanol–water partition coefficient (Wildman–Crippen LogP) is 0.598. The topological polar surface area (TPSA) is 86.1 Å². The van der Waals surface area contributed by atoms with Gasteiger partial charge in [-0.3, -0.25) is 4.99 Å². The number of aliphatic hydroxyl groups is 1. The summed E-state index contributed by atoms with van der Waals surface area (Å²) in [5.41, 5.74) is 0. The van der Waals surface area contributed by atoms with E-state index in [-0.39, 0.29) is 0 Å². The van der Waals surface area contributed by atoms with Crippen LogP contribution in [0.5, 0.6) is 0 Å². The van der Waals surface area contributed by atoms with E-state index in [1.165, 1.54) is 0 Å². The van der Waals surface area contributed by atoms with Crippen LogP contribution in [0.3, 0.4) is 0 Å². The van der Waals surface area contributed by atoms with Gasteiger partial charge in [0.15, 0.2) is 5.96 Å². The monoisotopic (exact) mass is 364 g/mol. The van der Waals surface area contributed by atoms with E-state index in [0.717, 1.165) is 44.6 Å². The number of aliphatic imine (C=N–C) groups is 1. The molecule has 1 fully saturated rings. The third-order valence-corrected chi connectivity index (χ3v) is 3.96. The van der Waals surface area contributed by atoms with Gasteiger partial charge in [-0.25, -0.2) is 9.97 Å². The molecule has 2 rings (SSSR count). The Balaban J connectivity index is 1.83. The zero-order valence-electron chi connectivity index (χ0n) is 16.1. The van der Waals surface area contributed by atoms with Crippen molar-refractivity contribution in [1.82, 2.24) is 20.2 Å². The Bertz CT molecular complexity index is 532. The second-order valence-electron chi connectivity index (χ2n) is 6.80. The lowest BCUT2D eigenvalue weighted by Gasteiger charge is -2.36. The molecule has 2 N–H and O–H groups in total. The van der Waals surface area contributed by atoms with Gasteiger partial charge in [0.05, 0.1) is 19.3 Å². The quantitative estimate of drug-likeness (QED) is 0.516. The van der Waals surface area contributed by atoms with Gasteiger partial charge < -0.3 is 25.0 Å². The fraction of sp³-hybridized carbons (Fsp3) is 0.722. The molecule has 146 valence electrons. The molecule has 8 nitrogen and oxygen atoms in total. The Morgan fingerprint density at radius 3 is 2.54 bits per heavy atom. The second-order valence-corrected chi connectivity index (χ2v) is 6.80. The summed E-state index contributed by atoms with van der Waals surface area (Å²) in [6.07, 6.45) is 2.95. The zero-order chi connectivity index (χ0) is 18.8. The van der Waals surface area contributed by atoms with E-state index in [4.69, 9.17) is 4.74 Å². The minimum Gasteiger partial charge on any atom is -0.389 e. The van der Waals surface area contributed by atoms with E-state index < -0.39 is 6.10 Å². The van der Waals surface area contributed by atoms with Gasteiger partial charge in [-0.15, -0.1) is 0 Å². The molecule has 1 aliphatic rings. The Kier molecular flexibility index (Phi) is 8.57. The lowest BCUT2D eigenvalue weighted by molar-refractivity contribution is 0.0300. The van der Waals surface area contributed by atoms with Crippen LogP contribution >= 0.6 is 0 Å². The van der Waals surface area contributed by atoms with Crippen LogP contribution in [0.2, 0.25) is 0 Å². The lowest BCUT2D eigenvalue weighted by Crippen LogP contribution is -2.53. The van der Waals surface area contributed by atoms with Gasteiger partial charge in [0.2, 0.25) is 5.95 Å². The number of guanidine groups is 1. The summed E-state index contributed by atoms with van der Waals surface area (Å²) in [5.74, 6) is 2.07. The normalized spacial score (nSPS) is 16.9. The van der Waals surface area contributed by atoms with Gasteiger partial charge in [-0.2, -0.15) is 0 Å². The maximum Gasteiger partial charge on any atom is 0.225 e. The summed E-state index contributed by atoms with van der Waals surface area (Å²) in [5, 5.41) is 13.4. The highest BCUT2D eigenvalue weighted by atomic mass is 16.5. The summed E-state index contributed by atoms with van der Waals surface area (Å²) in [7, 11) is 0. The number of aromatic nitrogens is 2. The minimum atomic E-state index is -0.582. The fourth-order valence-electron chi connectivity index (χ4n) is 2.68. The van der Waals surface area contributed by atoms with Crippen molar-refractivity contribution in [2.75, 3.05) is 57.4 Å². The average molecular weight is 364 g/mol. The summed E-state index contributed by atoms with van der Waals surface area (Å²) in [6.45, 7) is 11.7. The smallest absolute Gasteiger partial charge is 0.225 e. The van der Waals surface area contributed by atoms with Gasteiger partial charge in [0.25, 0.3) is 0 Å². The molecule has 0 amide bonds. The second kappa shape index (κ2) is 10.9. The van der Waals surface area contributed by atoms with Crippen LogP contribution in [0.25, 0.3) is 0 Å². The van der Waals surface area contributed by atoms with Crippen molar-refractivity contribution in [3.8, 4) is 0 Å². The Morgan fingerprint density at radius 2 is 1.92 bits per heavy atom. The molecule has 0 saturated carbocycles. The fourth-order valence-corrected chi connectivity index (χ4v) is 2.68. The van der Waals surface area contributed by atoms with Crippen molar-refractivity contribution < 1.29 is 9.84 Å². The summed E-state index contributed by atoms with van der Waals surface area (Å²) >= 11 is 0. The summed E-state index contributed by atoms with van der Waals surface area (Å²) < 4.78 is 5.48. The van der Waals surface area contributed by atoms with E-state index in [2.05, 4.69) is 43.9 Å². The highest BCUT2D eigenvalue weighted by molar-refractivity contribution is 5.80. The van der Waals surface area contributed by atoms with Crippen LogP contribution in [0.15, 0.2) is 23.5 Å². The maximum atomic E-state index is 10.1. The van der Waals surface area contributed by atoms with Crippen molar-refractivity contribution in [3.63, 3.8) is 0 Å². The molecule has 1 aromatic heterocycles. The first-order valence-corrected chi connectivity index (χ1v) is 9.41. The van der Waals surface area contributed by atoms with Crippen LogP contribution in [0.1, 0.15) is 20.8 Å². The van der Waals surface area contributed by atoms with Crippen molar-refractivity contribution in [3.05, 3.63) is 18.5 Å². The molecule has 2 heterocycles. The van der Waals surface area contributed by atoms with Crippen LogP contribution in [0, 0.1) is 5.92 Å². The third kappa shape index (κ3) is 6.76. The van der Waals surface area contributed by atoms with Gasteiger partial charge in [-0.05, 0) is 18.9 Å². The Morgan fingerprint density at radius 1 is 1.23 bits per heavy atom. The van der Waals surface area contributed by atoms with Gasteiger partial charge in [-0.1, -0.05) is 13.8 Å². The van der Waals surface area contributed by atoms with Crippen LogP contribution in [0.4, 0.5) is 5.95 Å². The molecular weight excluding hydrogens is 332 g/mol. The maximum absolute atomic E-state index is 10.1. The van der Waals surface area contributed by atoms with Crippen molar-refractivity contribution in [2.45, 2.75) is 26.9 Å². The molecule has 1 unspecified atom stereocenters. The molecule has 0 radical (unpaired) electrons. The van der Waals surface area contributed by atoms with E-state index in [1.54, 1.807) is 12.4 Å². The number of piperazine rings is 1. The molecule has 1 saturated heterocycles. The molecule has 0 aliphatic carbocycles. The average Bonchev–Trinajstić information content (AvgIpc) is 2.66. The number of aliphatic hydroxyl groups excluding tert-OH is 1. The standard InChI is InChI=1S/C18H32N6O2/c1-4-19-17(22-12-16(25)14-26-13-15(2)3)23-8-10-24(11-9-23)18-20-6-5-7-21-18/h5-7,15-16,25H,4,8-14H2,1-3H3,(H,19,22). The first kappa shape index (κ1) is 20.4. The van der Waals surface area contributed by atoms with Gasteiger partial charge in [0, 0.05) is 51.7 Å². The van der Waals surface area contributed by atoms with Crippen molar-refractivity contribution in [2.24, 2.45) is 10.9 Å². The molecule has 1 aliphatic heterocycles. The van der Waals surface area contributed by atoms with E-state index in [0.29, 0.717) is 25.7 Å². The van der Waals surface area contributed by atoms with Crippen molar-refractivity contribution >= 4 is 11.9 Å². The molecule has 0 bridgehead atoms. The minimum absolute atomic E-state index is 0.320. The van der Waals surface area contributed by atoms with Crippen LogP contribution in [-0.4, -0.2) is 84.5 Å². The van der Waals surface area contributed by atoms with Crippen LogP contribution in [-0.2, 0) is 4.74 Å². The highest BCUT2D eigenvalue weighted by Crippen LogP contribution is 2.09. The van der Waals surface area contributed by atoms with E-state index in [1.807, 2.05) is 13.0 Å². The predicted molar refractivity (Wildman–Crippen MR) is 103 cm³/mol.